The molecular weight excluding hydrogens is 426 g/mol. The van der Waals surface area contributed by atoms with Crippen molar-refractivity contribution in [3.8, 4) is 23.0 Å². The molecule has 0 fully saturated rings. The largest absolute Gasteiger partial charge is 0.507 e. The van der Waals surface area contributed by atoms with Gasteiger partial charge in [0.05, 0.1) is 18.2 Å². The predicted octanol–water partition coefficient (Wildman–Crippen LogP) is 4.95. The zero-order valence-corrected chi connectivity index (χ0v) is 18.5. The second kappa shape index (κ2) is 8.68. The topological polar surface area (TPSA) is 96.6 Å². The van der Waals surface area contributed by atoms with Gasteiger partial charge in [-0.05, 0) is 67.5 Å². The van der Waals surface area contributed by atoms with Crippen LogP contribution in [0.4, 0.5) is 5.69 Å². The second-order valence-electron chi connectivity index (χ2n) is 7.29. The van der Waals surface area contributed by atoms with E-state index in [0.29, 0.717) is 34.0 Å². The summed E-state index contributed by atoms with van der Waals surface area (Å²) in [4.78, 5) is 17.0. The van der Waals surface area contributed by atoms with Crippen LogP contribution in [0, 0.1) is 13.8 Å². The highest BCUT2D eigenvalue weighted by Crippen LogP contribution is 2.34. The summed E-state index contributed by atoms with van der Waals surface area (Å²) in [7, 11) is 1.49. The van der Waals surface area contributed by atoms with Crippen molar-refractivity contribution < 1.29 is 19.1 Å². The van der Waals surface area contributed by atoms with Gasteiger partial charge in [-0.2, -0.15) is 0 Å². The first-order chi connectivity index (χ1) is 15.4. The third-order valence-corrected chi connectivity index (χ3v) is 5.09. The Kier molecular flexibility index (Phi) is 5.79. The summed E-state index contributed by atoms with van der Waals surface area (Å²) in [6.45, 7) is 3.95. The molecule has 3 N–H and O–H groups in total. The van der Waals surface area contributed by atoms with Crippen LogP contribution in [0.15, 0.2) is 59.0 Å². The molecule has 0 aliphatic carbocycles. The highest BCUT2D eigenvalue weighted by atomic mass is 32.1. The minimum absolute atomic E-state index is 0.0326. The van der Waals surface area contributed by atoms with Crippen LogP contribution in [0.1, 0.15) is 21.5 Å². The quantitative estimate of drug-likeness (QED) is 0.381. The summed E-state index contributed by atoms with van der Waals surface area (Å²) < 4.78 is 11.1. The lowest BCUT2D eigenvalue weighted by atomic mass is 10.1. The molecule has 4 aromatic rings. The Labute approximate surface area is 190 Å². The van der Waals surface area contributed by atoms with Gasteiger partial charge in [-0.1, -0.05) is 18.2 Å². The van der Waals surface area contributed by atoms with Crippen molar-refractivity contribution in [2.75, 3.05) is 12.4 Å². The van der Waals surface area contributed by atoms with Gasteiger partial charge in [0.1, 0.15) is 17.0 Å². The number of amides is 1. The van der Waals surface area contributed by atoms with Crippen LogP contribution in [-0.2, 0) is 0 Å². The molecule has 0 saturated carbocycles. The molecule has 1 aromatic heterocycles. The van der Waals surface area contributed by atoms with Crippen LogP contribution in [0.5, 0.6) is 11.5 Å². The molecule has 32 heavy (non-hydrogen) atoms. The fourth-order valence-corrected chi connectivity index (χ4v) is 3.66. The summed E-state index contributed by atoms with van der Waals surface area (Å²) in [5.41, 5.74) is 4.80. The Bertz CT molecular complexity index is 1350. The zero-order chi connectivity index (χ0) is 22.8. The molecule has 0 spiro atoms. The van der Waals surface area contributed by atoms with E-state index in [2.05, 4.69) is 15.6 Å². The summed E-state index contributed by atoms with van der Waals surface area (Å²) in [5.74, 6) is 0.330. The molecule has 0 saturated heterocycles. The number of fused-ring (bicyclic) bond motifs is 1. The molecule has 4 rings (SSSR count). The van der Waals surface area contributed by atoms with Crippen LogP contribution in [0.3, 0.4) is 0 Å². The maximum Gasteiger partial charge on any atom is 0.261 e. The number of phenols is 1. The van der Waals surface area contributed by atoms with E-state index < -0.39 is 5.91 Å². The number of thiocarbonyl (C=S) groups is 1. The van der Waals surface area contributed by atoms with Gasteiger partial charge < -0.3 is 19.6 Å². The Morgan fingerprint density at radius 2 is 1.91 bits per heavy atom. The number of anilines is 1. The number of carbonyl (C=O) groups is 1. The molecule has 162 valence electrons. The van der Waals surface area contributed by atoms with E-state index in [1.54, 1.807) is 36.4 Å². The maximum atomic E-state index is 12.5. The van der Waals surface area contributed by atoms with E-state index in [4.69, 9.17) is 21.4 Å². The number of oxazole rings is 1. The number of aromatic nitrogens is 1. The number of aromatic hydroxyl groups is 1. The first-order valence-electron chi connectivity index (χ1n) is 9.82. The van der Waals surface area contributed by atoms with Crippen molar-refractivity contribution in [1.29, 1.82) is 0 Å². The van der Waals surface area contributed by atoms with Crippen LogP contribution in [-0.4, -0.2) is 28.2 Å². The van der Waals surface area contributed by atoms with Crippen molar-refractivity contribution in [3.63, 3.8) is 0 Å². The van der Waals surface area contributed by atoms with Gasteiger partial charge in [-0.15, -0.1) is 0 Å². The first-order valence-corrected chi connectivity index (χ1v) is 10.2. The highest BCUT2D eigenvalue weighted by Gasteiger charge is 2.16. The van der Waals surface area contributed by atoms with Gasteiger partial charge >= 0.3 is 0 Å². The number of rotatable bonds is 4. The number of benzene rings is 3. The molecule has 0 unspecified atom stereocenters. The molecule has 0 aliphatic rings. The number of hydrogen-bond acceptors (Lipinski definition) is 6. The van der Waals surface area contributed by atoms with Crippen molar-refractivity contribution in [2.45, 2.75) is 13.8 Å². The molecule has 0 bridgehead atoms. The summed E-state index contributed by atoms with van der Waals surface area (Å²) in [5, 5.41) is 16.1. The molecule has 7 nitrogen and oxygen atoms in total. The first kappa shape index (κ1) is 21.3. The lowest BCUT2D eigenvalue weighted by Crippen LogP contribution is -2.34. The van der Waals surface area contributed by atoms with E-state index in [-0.39, 0.29) is 10.9 Å². The lowest BCUT2D eigenvalue weighted by Gasteiger charge is -2.12. The standard InChI is InChI=1S/C24H21N3O4S/c1-13-10-14(2)21-18(11-13)26-23(31-21)16-9-8-15(12-19(16)28)25-24(32)27-22(29)17-6-4-5-7-20(17)30-3/h4-12,28H,1-3H3,(H2,25,27,29,32). The predicted molar refractivity (Wildman–Crippen MR) is 127 cm³/mol. The van der Waals surface area contributed by atoms with Crippen molar-refractivity contribution in [3.05, 3.63) is 71.3 Å². The normalized spacial score (nSPS) is 10.7. The van der Waals surface area contributed by atoms with E-state index in [9.17, 15) is 9.90 Å². The molecule has 1 heterocycles. The van der Waals surface area contributed by atoms with Gasteiger partial charge in [-0.3, -0.25) is 10.1 Å². The number of nitrogens with zero attached hydrogens (tertiary/aromatic N) is 1. The fourth-order valence-electron chi connectivity index (χ4n) is 3.45. The summed E-state index contributed by atoms with van der Waals surface area (Å²) in [6.07, 6.45) is 0. The van der Waals surface area contributed by atoms with Crippen LogP contribution in [0.2, 0.25) is 0 Å². The zero-order valence-electron chi connectivity index (χ0n) is 17.7. The smallest absolute Gasteiger partial charge is 0.261 e. The Morgan fingerprint density at radius 3 is 2.66 bits per heavy atom. The van der Waals surface area contributed by atoms with E-state index in [0.717, 1.165) is 16.6 Å². The molecule has 0 atom stereocenters. The summed E-state index contributed by atoms with van der Waals surface area (Å²) >= 11 is 5.24. The van der Waals surface area contributed by atoms with Gasteiger partial charge in [0.25, 0.3) is 5.91 Å². The minimum atomic E-state index is -0.405. The van der Waals surface area contributed by atoms with Crippen LogP contribution < -0.4 is 15.4 Å². The minimum Gasteiger partial charge on any atom is -0.507 e. The monoisotopic (exact) mass is 447 g/mol. The van der Waals surface area contributed by atoms with Gasteiger partial charge in [0.2, 0.25) is 5.89 Å². The number of methoxy groups -OCH3 is 1. The fraction of sp³-hybridized carbons (Fsp3) is 0.125. The summed E-state index contributed by atoms with van der Waals surface area (Å²) in [6, 6.07) is 15.7. The molecular formula is C24H21N3O4S. The Hall–Kier alpha value is -3.91. The van der Waals surface area contributed by atoms with Gasteiger partial charge in [0.15, 0.2) is 10.7 Å². The maximum absolute atomic E-state index is 12.5. The molecule has 0 aliphatic heterocycles. The van der Waals surface area contributed by atoms with E-state index in [1.165, 1.54) is 13.2 Å². The third kappa shape index (κ3) is 4.26. The molecule has 1 amide bonds. The number of hydrogen-bond donors (Lipinski definition) is 3. The second-order valence-corrected chi connectivity index (χ2v) is 7.70. The molecule has 3 aromatic carbocycles. The lowest BCUT2D eigenvalue weighted by molar-refractivity contribution is 0.0975. The van der Waals surface area contributed by atoms with Crippen LogP contribution in [0.25, 0.3) is 22.6 Å². The molecule has 8 heteroatoms. The average molecular weight is 448 g/mol. The van der Waals surface area contributed by atoms with Crippen molar-refractivity contribution in [1.82, 2.24) is 10.3 Å². The number of aryl methyl sites for hydroxylation is 2. The van der Waals surface area contributed by atoms with Crippen LogP contribution >= 0.6 is 12.2 Å². The Balaban J connectivity index is 1.50. The average Bonchev–Trinajstić information content (AvgIpc) is 3.17. The number of ether oxygens (including phenoxy) is 1. The SMILES string of the molecule is COc1ccccc1C(=O)NC(=S)Nc1ccc(-c2nc3cc(C)cc(C)c3o2)c(O)c1. The number of nitrogens with one attached hydrogen (secondary N) is 2. The van der Waals surface area contributed by atoms with Gasteiger partial charge in [-0.25, -0.2) is 4.98 Å². The van der Waals surface area contributed by atoms with E-state index >= 15 is 0 Å². The van der Waals surface area contributed by atoms with Crippen molar-refractivity contribution >= 4 is 40.0 Å². The molecule has 0 radical (unpaired) electrons. The van der Waals surface area contributed by atoms with Crippen molar-refractivity contribution in [2.24, 2.45) is 0 Å². The number of phenolic OH excluding ortho intramolecular Hbond substituents is 1. The number of para-hydroxylation sites is 1. The third-order valence-electron chi connectivity index (χ3n) is 4.88. The van der Waals surface area contributed by atoms with E-state index in [1.807, 2.05) is 26.0 Å². The highest BCUT2D eigenvalue weighted by molar-refractivity contribution is 7.80. The van der Waals surface area contributed by atoms with Gasteiger partial charge in [0, 0.05) is 11.8 Å². The Morgan fingerprint density at radius 1 is 1.12 bits per heavy atom. The number of carbonyl (C=O) groups excluding carboxylic acids is 1.